The van der Waals surface area contributed by atoms with Gasteiger partial charge in [-0.15, -0.1) is 0 Å². The Bertz CT molecular complexity index is 1620. The topological polar surface area (TPSA) is 102 Å². The molecule has 1 amide bonds. The van der Waals surface area contributed by atoms with Crippen molar-refractivity contribution in [3.63, 3.8) is 0 Å². The number of non-ortho nitro benzene ring substituents is 1. The monoisotopic (exact) mass is 597 g/mol. The van der Waals surface area contributed by atoms with Crippen LogP contribution in [0.4, 0.5) is 11.4 Å². The quantitative estimate of drug-likeness (QED) is 0.0828. The van der Waals surface area contributed by atoms with Gasteiger partial charge in [-0.05, 0) is 48.9 Å². The molecule has 0 atom stereocenters. The second-order valence-electron chi connectivity index (χ2n) is 9.24. The third-order valence-corrected chi connectivity index (χ3v) is 8.49. The summed E-state index contributed by atoms with van der Waals surface area (Å²) in [5.41, 5.74) is 1.94. The molecule has 5 rings (SSSR count). The number of hydrogen-bond acceptors (Lipinski definition) is 7. The minimum atomic E-state index is -0.416. The number of carbonyl (C=O) groups is 1. The average Bonchev–Trinajstić information content (AvgIpc) is 2.97. The molecule has 9 nitrogen and oxygen atoms in total. The second kappa shape index (κ2) is 12.3. The molecule has 0 spiro atoms. The van der Waals surface area contributed by atoms with Crippen LogP contribution in [0.5, 0.6) is 0 Å². The molecule has 1 aliphatic heterocycles. The van der Waals surface area contributed by atoms with Crippen LogP contribution >= 0.6 is 35.0 Å². The Balaban J connectivity index is 1.20. The van der Waals surface area contributed by atoms with Crippen molar-refractivity contribution in [3.05, 3.63) is 97.2 Å². The number of piperazine rings is 1. The van der Waals surface area contributed by atoms with E-state index in [2.05, 4.69) is 4.90 Å². The van der Waals surface area contributed by atoms with E-state index in [9.17, 15) is 19.7 Å². The number of anilines is 1. The van der Waals surface area contributed by atoms with Crippen LogP contribution in [0, 0.1) is 10.1 Å². The first-order valence-electron chi connectivity index (χ1n) is 12.7. The average molecular weight is 599 g/mol. The summed E-state index contributed by atoms with van der Waals surface area (Å²) in [5.74, 6) is 0.679. The number of para-hydroxylation sites is 1. The first kappa shape index (κ1) is 27.9. The van der Waals surface area contributed by atoms with E-state index in [0.29, 0.717) is 76.6 Å². The fourth-order valence-corrected chi connectivity index (χ4v) is 5.85. The Morgan fingerprint density at radius 3 is 2.35 bits per heavy atom. The van der Waals surface area contributed by atoms with E-state index in [-0.39, 0.29) is 17.2 Å². The summed E-state index contributed by atoms with van der Waals surface area (Å²) in [6.07, 6.45) is 1.01. The molecule has 0 N–H and O–H groups in total. The van der Waals surface area contributed by atoms with Gasteiger partial charge < -0.3 is 9.80 Å². The van der Waals surface area contributed by atoms with Crippen molar-refractivity contribution >= 4 is 63.1 Å². The van der Waals surface area contributed by atoms with Gasteiger partial charge in [0.15, 0.2) is 5.16 Å². The predicted octanol–water partition coefficient (Wildman–Crippen LogP) is 5.82. The summed E-state index contributed by atoms with van der Waals surface area (Å²) in [4.78, 5) is 45.5. The molecule has 3 aromatic carbocycles. The van der Waals surface area contributed by atoms with Crippen molar-refractivity contribution in [2.45, 2.75) is 18.0 Å². The maximum atomic E-state index is 13.4. The number of carbonyl (C=O) groups excluding carboxylic acids is 1. The summed E-state index contributed by atoms with van der Waals surface area (Å²) in [6.45, 7) is 2.50. The summed E-state index contributed by atoms with van der Waals surface area (Å²) >= 11 is 13.8. The predicted molar refractivity (Wildman–Crippen MR) is 159 cm³/mol. The van der Waals surface area contributed by atoms with Gasteiger partial charge in [-0.3, -0.25) is 24.3 Å². The lowest BCUT2D eigenvalue weighted by Gasteiger charge is -2.36. The Labute approximate surface area is 244 Å². The van der Waals surface area contributed by atoms with Crippen LogP contribution in [0.15, 0.2) is 76.7 Å². The molecule has 0 bridgehead atoms. The molecule has 4 aromatic rings. The number of nitro benzene ring substituents is 1. The highest BCUT2D eigenvalue weighted by Crippen LogP contribution is 2.28. The smallest absolute Gasteiger partial charge is 0.269 e. The van der Waals surface area contributed by atoms with Crippen molar-refractivity contribution < 1.29 is 9.72 Å². The van der Waals surface area contributed by atoms with Crippen molar-refractivity contribution in [1.29, 1.82) is 0 Å². The molecule has 0 aliphatic carbocycles. The van der Waals surface area contributed by atoms with Crippen LogP contribution in [0.1, 0.15) is 12.8 Å². The molecule has 1 fully saturated rings. The van der Waals surface area contributed by atoms with E-state index in [1.807, 2.05) is 11.0 Å². The van der Waals surface area contributed by atoms with E-state index in [1.165, 1.54) is 28.5 Å². The fraction of sp³-hybridized carbons (Fsp3) is 0.250. The number of benzene rings is 3. The van der Waals surface area contributed by atoms with Crippen LogP contribution in [-0.2, 0) is 4.79 Å². The number of halogens is 2. The number of amides is 1. The molecule has 0 saturated carbocycles. The maximum absolute atomic E-state index is 13.4. The molecule has 1 aliphatic rings. The van der Waals surface area contributed by atoms with Gasteiger partial charge in [-0.1, -0.05) is 47.1 Å². The van der Waals surface area contributed by atoms with Crippen molar-refractivity contribution in [1.82, 2.24) is 14.5 Å². The van der Waals surface area contributed by atoms with E-state index >= 15 is 0 Å². The largest absolute Gasteiger partial charge is 0.368 e. The number of hydrogen-bond donors (Lipinski definition) is 0. The lowest BCUT2D eigenvalue weighted by molar-refractivity contribution is -0.384. The van der Waals surface area contributed by atoms with Gasteiger partial charge in [0.1, 0.15) is 0 Å². The fourth-order valence-electron chi connectivity index (χ4n) is 4.61. The van der Waals surface area contributed by atoms with E-state index in [4.69, 9.17) is 28.2 Å². The van der Waals surface area contributed by atoms with Gasteiger partial charge in [-0.25, -0.2) is 4.98 Å². The Morgan fingerprint density at radius 1 is 0.950 bits per heavy atom. The number of rotatable bonds is 8. The maximum Gasteiger partial charge on any atom is 0.269 e. The third kappa shape index (κ3) is 6.09. The first-order valence-corrected chi connectivity index (χ1v) is 14.4. The minimum Gasteiger partial charge on any atom is -0.368 e. The summed E-state index contributed by atoms with van der Waals surface area (Å²) in [5, 5.41) is 12.6. The summed E-state index contributed by atoms with van der Waals surface area (Å²) < 4.78 is 1.54. The molecule has 12 heteroatoms. The Kier molecular flexibility index (Phi) is 8.58. The molecule has 2 heterocycles. The minimum absolute atomic E-state index is 0.0586. The van der Waals surface area contributed by atoms with E-state index < -0.39 is 4.92 Å². The molecule has 1 aromatic heterocycles. The number of nitro groups is 1. The Hall–Kier alpha value is -3.60. The summed E-state index contributed by atoms with van der Waals surface area (Å²) in [7, 11) is 0. The van der Waals surface area contributed by atoms with Gasteiger partial charge in [0, 0.05) is 56.2 Å². The summed E-state index contributed by atoms with van der Waals surface area (Å²) in [6, 6.07) is 18.7. The number of fused-ring (bicyclic) bond motifs is 1. The van der Waals surface area contributed by atoms with Crippen molar-refractivity contribution in [2.24, 2.45) is 0 Å². The van der Waals surface area contributed by atoms with Crippen LogP contribution in [0.3, 0.4) is 0 Å². The number of aromatic nitrogens is 2. The van der Waals surface area contributed by atoms with E-state index in [0.717, 1.165) is 5.69 Å². The van der Waals surface area contributed by atoms with E-state index in [1.54, 1.807) is 48.5 Å². The normalized spacial score (nSPS) is 13.6. The van der Waals surface area contributed by atoms with Crippen molar-refractivity contribution in [3.8, 4) is 5.69 Å². The van der Waals surface area contributed by atoms with Gasteiger partial charge in [0.2, 0.25) is 5.91 Å². The van der Waals surface area contributed by atoms with Crippen LogP contribution in [0.25, 0.3) is 16.6 Å². The lowest BCUT2D eigenvalue weighted by atomic mass is 10.2. The molecule has 0 unspecified atom stereocenters. The highest BCUT2D eigenvalue weighted by atomic mass is 35.5. The SMILES string of the molecule is O=C(CCCSc1nc2ccccc2c(=O)n1-c1ccc(Cl)c(Cl)c1)N1CCN(c2ccc([N+](=O)[O-])cc2)CC1. The van der Waals surface area contributed by atoms with Gasteiger partial charge in [-0.2, -0.15) is 0 Å². The zero-order valence-corrected chi connectivity index (χ0v) is 23.7. The van der Waals surface area contributed by atoms with Crippen molar-refractivity contribution in [2.75, 3.05) is 36.8 Å². The zero-order chi connectivity index (χ0) is 28.2. The van der Waals surface area contributed by atoms with Gasteiger partial charge in [0.05, 0.1) is 31.6 Å². The molecular weight excluding hydrogens is 573 g/mol. The van der Waals surface area contributed by atoms with Gasteiger partial charge >= 0.3 is 0 Å². The Morgan fingerprint density at radius 2 is 1.65 bits per heavy atom. The standard InChI is InChI=1S/C28H25Cl2N5O4S/c29-23-12-11-21(18-24(23)30)34-27(37)22-4-1-2-5-25(22)31-28(34)40-17-3-6-26(36)33-15-13-32(14-16-33)19-7-9-20(10-8-19)35(38)39/h1-2,4-5,7-12,18H,3,6,13-17H2. The molecule has 206 valence electrons. The first-order chi connectivity index (χ1) is 19.3. The number of thioether (sulfide) groups is 1. The molecule has 40 heavy (non-hydrogen) atoms. The molecule has 0 radical (unpaired) electrons. The third-order valence-electron chi connectivity index (χ3n) is 6.73. The highest BCUT2D eigenvalue weighted by Gasteiger charge is 2.22. The highest BCUT2D eigenvalue weighted by molar-refractivity contribution is 7.99. The van der Waals surface area contributed by atoms with Gasteiger partial charge in [0.25, 0.3) is 11.2 Å². The van der Waals surface area contributed by atoms with Crippen LogP contribution in [-0.4, -0.2) is 57.2 Å². The zero-order valence-electron chi connectivity index (χ0n) is 21.3. The van der Waals surface area contributed by atoms with Crippen LogP contribution < -0.4 is 10.5 Å². The molecular formula is C28H25Cl2N5O4S. The number of nitrogens with zero attached hydrogens (tertiary/aromatic N) is 5. The second-order valence-corrected chi connectivity index (χ2v) is 11.1. The van der Waals surface area contributed by atoms with Crippen LogP contribution in [0.2, 0.25) is 10.0 Å². The molecule has 1 saturated heterocycles. The lowest BCUT2D eigenvalue weighted by Crippen LogP contribution is -2.48.